The molecule has 9 heteroatoms. The number of fused-ring (bicyclic) bond motifs is 4. The van der Waals surface area contributed by atoms with Gasteiger partial charge in [0.15, 0.2) is 5.82 Å². The van der Waals surface area contributed by atoms with Crippen LogP contribution in [0.25, 0.3) is 0 Å². The van der Waals surface area contributed by atoms with Crippen LogP contribution in [0, 0.1) is 18.8 Å². The number of carbonyl (C=O) groups is 2. The van der Waals surface area contributed by atoms with Crippen LogP contribution in [0.3, 0.4) is 0 Å². The van der Waals surface area contributed by atoms with Crippen LogP contribution in [0.2, 0.25) is 0 Å². The Morgan fingerprint density at radius 3 is 2.87 bits per heavy atom. The first-order valence-corrected chi connectivity index (χ1v) is 11.3. The molecule has 0 aliphatic carbocycles. The second-order valence-corrected chi connectivity index (χ2v) is 9.18. The van der Waals surface area contributed by atoms with Gasteiger partial charge < -0.3 is 19.1 Å². The molecule has 2 amide bonds. The fraction of sp³-hybridized carbons (Fsp3) is 0.810. The molecule has 164 valence electrons. The molecule has 0 N–H and O–H groups in total. The van der Waals surface area contributed by atoms with Crippen molar-refractivity contribution in [3.05, 3.63) is 11.7 Å². The first-order valence-electron chi connectivity index (χ1n) is 11.3. The Morgan fingerprint density at radius 2 is 2.03 bits per heavy atom. The molecule has 2 bridgehead atoms. The van der Waals surface area contributed by atoms with Crippen molar-refractivity contribution in [2.75, 3.05) is 39.4 Å². The standard InChI is InChI=1S/C21H31N5O4/c1-14-22-18(23-30-14)13-24-11-15-10-16(12-24)20(26-17(15)4-2-5-19(26)27)21(28)25-6-3-8-29-9-7-25/h15-17,20H,2-13H2,1H3/t15-,16+,17-,20+/m0/s1. The number of ether oxygens (including phenoxy) is 1. The van der Waals surface area contributed by atoms with E-state index in [-0.39, 0.29) is 29.8 Å². The predicted molar refractivity (Wildman–Crippen MR) is 106 cm³/mol. The van der Waals surface area contributed by atoms with E-state index in [1.807, 2.05) is 9.80 Å². The van der Waals surface area contributed by atoms with Crippen LogP contribution in [-0.4, -0.2) is 88.1 Å². The van der Waals surface area contributed by atoms with Gasteiger partial charge in [0.25, 0.3) is 0 Å². The summed E-state index contributed by atoms with van der Waals surface area (Å²) >= 11 is 0. The van der Waals surface area contributed by atoms with Gasteiger partial charge in [0.2, 0.25) is 17.7 Å². The summed E-state index contributed by atoms with van der Waals surface area (Å²) in [5, 5.41) is 4.05. The van der Waals surface area contributed by atoms with E-state index in [9.17, 15) is 9.59 Å². The number of hydrogen-bond donors (Lipinski definition) is 0. The fourth-order valence-electron chi connectivity index (χ4n) is 5.96. The van der Waals surface area contributed by atoms with Gasteiger partial charge in [-0.2, -0.15) is 4.98 Å². The molecule has 4 aliphatic heterocycles. The number of aromatic nitrogens is 2. The Bertz CT molecular complexity index is 790. The summed E-state index contributed by atoms with van der Waals surface area (Å²) in [4.78, 5) is 37.3. The van der Waals surface area contributed by atoms with Gasteiger partial charge in [-0.25, -0.2) is 0 Å². The van der Waals surface area contributed by atoms with Crippen LogP contribution < -0.4 is 0 Å². The van der Waals surface area contributed by atoms with E-state index < -0.39 is 0 Å². The third-order valence-corrected chi connectivity index (χ3v) is 7.14. The lowest BCUT2D eigenvalue weighted by atomic mass is 9.71. The van der Waals surface area contributed by atoms with Crippen LogP contribution >= 0.6 is 0 Å². The summed E-state index contributed by atoms with van der Waals surface area (Å²) in [5.74, 6) is 2.08. The highest BCUT2D eigenvalue weighted by molar-refractivity contribution is 5.89. The molecule has 4 atom stereocenters. The smallest absolute Gasteiger partial charge is 0.245 e. The maximum Gasteiger partial charge on any atom is 0.245 e. The van der Waals surface area contributed by atoms with Crippen molar-refractivity contribution < 1.29 is 18.8 Å². The summed E-state index contributed by atoms with van der Waals surface area (Å²) in [6.07, 6.45) is 4.34. The van der Waals surface area contributed by atoms with Crippen molar-refractivity contribution >= 4 is 11.8 Å². The summed E-state index contributed by atoms with van der Waals surface area (Å²) in [6.45, 7) is 6.72. The molecule has 1 aromatic heterocycles. The Labute approximate surface area is 176 Å². The third-order valence-electron chi connectivity index (χ3n) is 7.14. The van der Waals surface area contributed by atoms with Gasteiger partial charge in [-0.1, -0.05) is 5.16 Å². The number of aryl methyl sites for hydroxylation is 1. The zero-order valence-corrected chi connectivity index (χ0v) is 17.7. The average molecular weight is 418 g/mol. The SMILES string of the molecule is Cc1nc(CN2C[C@@H]3C[C@H](C2)[C@H](C(=O)N2CCCOCC2)N2C(=O)CCC[C@@H]32)no1. The van der Waals surface area contributed by atoms with E-state index in [0.717, 1.165) is 38.8 Å². The molecule has 5 heterocycles. The predicted octanol–water partition coefficient (Wildman–Crippen LogP) is 0.828. The topological polar surface area (TPSA) is 92.0 Å². The maximum absolute atomic E-state index is 13.7. The van der Waals surface area contributed by atoms with Crippen molar-refractivity contribution in [2.24, 2.45) is 11.8 Å². The van der Waals surface area contributed by atoms with Crippen molar-refractivity contribution in [3.63, 3.8) is 0 Å². The van der Waals surface area contributed by atoms with Crippen LogP contribution in [0.5, 0.6) is 0 Å². The summed E-state index contributed by atoms with van der Waals surface area (Å²) < 4.78 is 10.7. The Balaban J connectivity index is 1.40. The molecule has 0 aromatic carbocycles. The van der Waals surface area contributed by atoms with E-state index >= 15 is 0 Å². The molecule has 4 aliphatic rings. The molecular formula is C21H31N5O4. The molecular weight excluding hydrogens is 386 g/mol. The van der Waals surface area contributed by atoms with E-state index in [1.165, 1.54) is 0 Å². The number of likely N-dealkylation sites (tertiary alicyclic amines) is 1. The van der Waals surface area contributed by atoms with Crippen LogP contribution in [0.15, 0.2) is 4.52 Å². The molecule has 0 saturated carbocycles. The summed E-state index contributed by atoms with van der Waals surface area (Å²) in [7, 11) is 0. The van der Waals surface area contributed by atoms with Crippen molar-refractivity contribution in [2.45, 2.75) is 57.7 Å². The lowest BCUT2D eigenvalue weighted by molar-refractivity contribution is -0.165. The number of nitrogens with zero attached hydrogens (tertiary/aromatic N) is 5. The van der Waals surface area contributed by atoms with Gasteiger partial charge in [-0.3, -0.25) is 14.5 Å². The number of carbonyl (C=O) groups excluding carboxylic acids is 2. The molecule has 9 nitrogen and oxygen atoms in total. The first-order chi connectivity index (χ1) is 14.6. The highest BCUT2D eigenvalue weighted by atomic mass is 16.5. The second kappa shape index (κ2) is 8.26. The summed E-state index contributed by atoms with van der Waals surface area (Å²) in [5.41, 5.74) is 0. The van der Waals surface area contributed by atoms with Gasteiger partial charge in [0.05, 0.1) is 13.2 Å². The quantitative estimate of drug-likeness (QED) is 0.719. The number of rotatable bonds is 3. The monoisotopic (exact) mass is 417 g/mol. The second-order valence-electron chi connectivity index (χ2n) is 9.18. The van der Waals surface area contributed by atoms with Gasteiger partial charge >= 0.3 is 0 Å². The summed E-state index contributed by atoms with van der Waals surface area (Å²) in [6, 6.07) is -0.193. The van der Waals surface area contributed by atoms with Crippen molar-refractivity contribution in [1.82, 2.24) is 24.8 Å². The van der Waals surface area contributed by atoms with Crippen molar-refractivity contribution in [3.8, 4) is 0 Å². The first kappa shape index (κ1) is 19.9. The minimum absolute atomic E-state index is 0.112. The fourth-order valence-corrected chi connectivity index (χ4v) is 5.96. The maximum atomic E-state index is 13.7. The Hall–Kier alpha value is -2.00. The number of piperidine rings is 3. The highest BCUT2D eigenvalue weighted by Crippen LogP contribution is 2.42. The van der Waals surface area contributed by atoms with E-state index in [1.54, 1.807) is 6.92 Å². The zero-order valence-electron chi connectivity index (χ0n) is 17.7. The molecule has 30 heavy (non-hydrogen) atoms. The molecule has 4 fully saturated rings. The molecule has 0 radical (unpaired) electrons. The molecule has 0 unspecified atom stereocenters. The van der Waals surface area contributed by atoms with Gasteiger partial charge in [0.1, 0.15) is 6.04 Å². The Morgan fingerprint density at radius 1 is 1.17 bits per heavy atom. The van der Waals surface area contributed by atoms with Gasteiger partial charge in [-0.05, 0) is 31.6 Å². The Kier molecular flexibility index (Phi) is 5.49. The minimum Gasteiger partial charge on any atom is -0.380 e. The van der Waals surface area contributed by atoms with E-state index in [0.29, 0.717) is 56.9 Å². The van der Waals surface area contributed by atoms with Crippen LogP contribution in [-0.2, 0) is 20.9 Å². The minimum atomic E-state index is -0.355. The number of amides is 2. The molecule has 1 aromatic rings. The third kappa shape index (κ3) is 3.73. The van der Waals surface area contributed by atoms with E-state index in [2.05, 4.69) is 15.0 Å². The average Bonchev–Trinajstić information content (AvgIpc) is 2.97. The van der Waals surface area contributed by atoms with Crippen LogP contribution in [0.4, 0.5) is 0 Å². The lowest BCUT2D eigenvalue weighted by Crippen LogP contribution is -2.68. The highest BCUT2D eigenvalue weighted by Gasteiger charge is 2.52. The van der Waals surface area contributed by atoms with Crippen LogP contribution in [0.1, 0.15) is 43.8 Å². The van der Waals surface area contributed by atoms with E-state index in [4.69, 9.17) is 9.26 Å². The molecule has 4 saturated heterocycles. The van der Waals surface area contributed by atoms with Crippen molar-refractivity contribution in [1.29, 1.82) is 0 Å². The molecule has 0 spiro atoms. The number of hydrogen-bond acceptors (Lipinski definition) is 7. The van der Waals surface area contributed by atoms with Gasteiger partial charge in [0, 0.05) is 58.1 Å². The largest absolute Gasteiger partial charge is 0.380 e. The lowest BCUT2D eigenvalue weighted by Gasteiger charge is -2.56. The molecule has 5 rings (SSSR count). The van der Waals surface area contributed by atoms with Gasteiger partial charge in [-0.15, -0.1) is 0 Å². The normalized spacial score (nSPS) is 32.6. The zero-order chi connectivity index (χ0) is 20.7.